The van der Waals surface area contributed by atoms with Crippen LogP contribution < -0.4 is 19.5 Å². The first-order chi connectivity index (χ1) is 15.8. The van der Waals surface area contributed by atoms with Gasteiger partial charge >= 0.3 is 0 Å². The molecule has 2 aliphatic rings. The van der Waals surface area contributed by atoms with Gasteiger partial charge in [-0.3, -0.25) is 9.59 Å². The summed E-state index contributed by atoms with van der Waals surface area (Å²) in [5.74, 6) is 0.582. The molecule has 1 aliphatic heterocycles. The number of hydrogen-bond donors (Lipinski definition) is 2. The maximum Gasteiger partial charge on any atom is 0.225 e. The van der Waals surface area contributed by atoms with Crippen LogP contribution in [0, 0.1) is 0 Å². The topological polar surface area (TPSA) is 94.1 Å². The monoisotopic (exact) mass is 451 g/mol. The Morgan fingerprint density at radius 3 is 2.15 bits per heavy atom. The zero-order chi connectivity index (χ0) is 23.7. The van der Waals surface area contributed by atoms with Gasteiger partial charge in [0.25, 0.3) is 0 Å². The highest BCUT2D eigenvalue weighted by atomic mass is 16.5. The Morgan fingerprint density at radius 1 is 0.939 bits per heavy atom. The second kappa shape index (κ2) is 9.17. The van der Waals surface area contributed by atoms with E-state index in [-0.39, 0.29) is 47.4 Å². The maximum absolute atomic E-state index is 13.3. The van der Waals surface area contributed by atoms with E-state index in [0.29, 0.717) is 29.7 Å². The predicted octanol–water partition coefficient (Wildman–Crippen LogP) is 4.20. The summed E-state index contributed by atoms with van der Waals surface area (Å²) >= 11 is 0. The van der Waals surface area contributed by atoms with Gasteiger partial charge in [-0.25, -0.2) is 0 Å². The van der Waals surface area contributed by atoms with Gasteiger partial charge in [0, 0.05) is 30.0 Å². The summed E-state index contributed by atoms with van der Waals surface area (Å²) in [7, 11) is 2.90. The highest BCUT2D eigenvalue weighted by Gasteiger charge is 2.38. The van der Waals surface area contributed by atoms with Crippen LogP contribution >= 0.6 is 0 Å². The van der Waals surface area contributed by atoms with Crippen LogP contribution in [-0.4, -0.2) is 37.1 Å². The van der Waals surface area contributed by atoms with Crippen molar-refractivity contribution in [3.63, 3.8) is 0 Å². The first-order valence-electron chi connectivity index (χ1n) is 11.1. The molecule has 1 heterocycles. The molecule has 0 unspecified atom stereocenters. The molecule has 2 aromatic carbocycles. The van der Waals surface area contributed by atoms with Crippen LogP contribution in [0.15, 0.2) is 47.7 Å². The number of Topliss-reactive ketones (excluding diaryl/α,β-unsaturated/α-hetero) is 1. The molecule has 0 aromatic heterocycles. The fourth-order valence-corrected chi connectivity index (χ4v) is 4.69. The number of benzene rings is 2. The smallest absolute Gasteiger partial charge is 0.225 e. The quantitative estimate of drug-likeness (QED) is 0.684. The molecule has 2 atom stereocenters. The zero-order valence-corrected chi connectivity index (χ0v) is 19.3. The van der Waals surface area contributed by atoms with E-state index >= 15 is 0 Å². The summed E-state index contributed by atoms with van der Waals surface area (Å²) in [4.78, 5) is 25.9. The molecule has 2 aromatic rings. The Kier molecular flexibility index (Phi) is 6.31. The minimum atomic E-state index is -0.424. The molecule has 33 heavy (non-hydrogen) atoms. The average molecular weight is 452 g/mol. The summed E-state index contributed by atoms with van der Waals surface area (Å²) in [6.45, 7) is 3.95. The number of phenolic OH excluding ortho intramolecular Hbond substituents is 1. The van der Waals surface area contributed by atoms with Crippen molar-refractivity contribution in [2.75, 3.05) is 14.2 Å². The van der Waals surface area contributed by atoms with Crippen LogP contribution in [-0.2, 0) is 9.59 Å². The minimum Gasteiger partial charge on any atom is -0.502 e. The molecular weight excluding hydrogens is 422 g/mol. The number of rotatable bonds is 6. The largest absolute Gasteiger partial charge is 0.502 e. The third kappa shape index (κ3) is 4.53. The van der Waals surface area contributed by atoms with Crippen molar-refractivity contribution in [2.24, 2.45) is 0 Å². The third-order valence-corrected chi connectivity index (χ3v) is 6.16. The summed E-state index contributed by atoms with van der Waals surface area (Å²) in [5.41, 5.74) is 3.03. The lowest BCUT2D eigenvalue weighted by Gasteiger charge is -2.34. The molecule has 0 saturated carbocycles. The number of phenols is 1. The first kappa shape index (κ1) is 22.7. The number of methoxy groups -OCH3 is 2. The SMILES string of the molecule is COc1cc([C@H]2CC(=O)NC3=C2C(=O)C[C@H](c2ccc(OC(C)C)cc2)C3)cc(OC)c1O. The Balaban J connectivity index is 1.67. The maximum atomic E-state index is 13.3. The number of allylic oxidation sites excluding steroid dienone is 2. The van der Waals surface area contributed by atoms with Gasteiger partial charge in [-0.05, 0) is 61.6 Å². The molecule has 0 spiro atoms. The van der Waals surface area contributed by atoms with Crippen molar-refractivity contribution >= 4 is 11.7 Å². The number of nitrogens with one attached hydrogen (secondary N) is 1. The number of carbonyl (C=O) groups is 2. The van der Waals surface area contributed by atoms with Crippen LogP contribution in [0.1, 0.15) is 56.1 Å². The van der Waals surface area contributed by atoms with Crippen molar-refractivity contribution < 1.29 is 28.9 Å². The fraction of sp³-hybridized carbons (Fsp3) is 0.385. The summed E-state index contributed by atoms with van der Waals surface area (Å²) in [6, 6.07) is 11.1. The van der Waals surface area contributed by atoms with Crippen molar-refractivity contribution in [1.82, 2.24) is 5.32 Å². The van der Waals surface area contributed by atoms with E-state index in [0.717, 1.165) is 11.3 Å². The highest BCUT2D eigenvalue weighted by molar-refractivity contribution is 6.02. The lowest BCUT2D eigenvalue weighted by Crippen LogP contribution is -2.38. The van der Waals surface area contributed by atoms with Crippen LogP contribution in [0.2, 0.25) is 0 Å². The van der Waals surface area contributed by atoms with E-state index in [1.165, 1.54) is 14.2 Å². The third-order valence-electron chi connectivity index (χ3n) is 6.16. The van der Waals surface area contributed by atoms with E-state index < -0.39 is 5.92 Å². The van der Waals surface area contributed by atoms with Gasteiger partial charge in [0.15, 0.2) is 17.3 Å². The van der Waals surface area contributed by atoms with Gasteiger partial charge in [-0.2, -0.15) is 0 Å². The van der Waals surface area contributed by atoms with Crippen molar-refractivity contribution in [2.45, 2.75) is 51.0 Å². The molecule has 0 bridgehead atoms. The molecular formula is C26H29NO6. The van der Waals surface area contributed by atoms with Crippen LogP contribution in [0.3, 0.4) is 0 Å². The van der Waals surface area contributed by atoms with Crippen LogP contribution in [0.25, 0.3) is 0 Å². The highest BCUT2D eigenvalue weighted by Crippen LogP contribution is 2.46. The van der Waals surface area contributed by atoms with E-state index in [1.807, 2.05) is 38.1 Å². The van der Waals surface area contributed by atoms with Crippen molar-refractivity contribution in [1.29, 1.82) is 0 Å². The van der Waals surface area contributed by atoms with Gasteiger partial charge < -0.3 is 24.6 Å². The number of aromatic hydroxyl groups is 1. The van der Waals surface area contributed by atoms with Gasteiger partial charge in [0.1, 0.15) is 5.75 Å². The normalized spacial score (nSPS) is 20.4. The molecule has 0 saturated heterocycles. The molecule has 1 amide bonds. The predicted molar refractivity (Wildman–Crippen MR) is 123 cm³/mol. The molecule has 1 aliphatic carbocycles. The number of ketones is 1. The van der Waals surface area contributed by atoms with Crippen molar-refractivity contribution in [3.05, 3.63) is 58.8 Å². The molecule has 0 fully saturated rings. The summed E-state index contributed by atoms with van der Waals surface area (Å²) < 4.78 is 16.3. The summed E-state index contributed by atoms with van der Waals surface area (Å²) in [6.07, 6.45) is 1.17. The second-order valence-electron chi connectivity index (χ2n) is 8.74. The Morgan fingerprint density at radius 2 is 1.58 bits per heavy atom. The van der Waals surface area contributed by atoms with Gasteiger partial charge in [-0.15, -0.1) is 0 Å². The van der Waals surface area contributed by atoms with E-state index in [4.69, 9.17) is 14.2 Å². The Labute approximate surface area is 193 Å². The lowest BCUT2D eigenvalue weighted by atomic mass is 9.73. The summed E-state index contributed by atoms with van der Waals surface area (Å²) in [5, 5.41) is 13.2. The minimum absolute atomic E-state index is 0.0137. The second-order valence-corrected chi connectivity index (χ2v) is 8.74. The molecule has 4 rings (SSSR count). The van der Waals surface area contributed by atoms with E-state index in [1.54, 1.807) is 12.1 Å². The average Bonchev–Trinajstić information content (AvgIpc) is 2.78. The van der Waals surface area contributed by atoms with Gasteiger partial charge in [-0.1, -0.05) is 12.1 Å². The molecule has 174 valence electrons. The van der Waals surface area contributed by atoms with E-state index in [2.05, 4.69) is 5.32 Å². The Bertz CT molecular complexity index is 1080. The number of carbonyl (C=O) groups excluding carboxylic acids is 2. The Hall–Kier alpha value is -3.48. The lowest BCUT2D eigenvalue weighted by molar-refractivity contribution is -0.122. The molecule has 7 heteroatoms. The van der Waals surface area contributed by atoms with Gasteiger partial charge in [0.05, 0.1) is 20.3 Å². The number of ether oxygens (including phenoxy) is 3. The number of amides is 1. The van der Waals surface area contributed by atoms with Crippen molar-refractivity contribution in [3.8, 4) is 23.0 Å². The van der Waals surface area contributed by atoms with E-state index in [9.17, 15) is 14.7 Å². The number of hydrogen-bond acceptors (Lipinski definition) is 6. The standard InChI is InChI=1S/C26H29NO6/c1-14(2)33-18-7-5-15(6-8-18)16-9-20-25(21(28)10-16)19(13-24(29)27-20)17-11-22(31-3)26(30)23(12-17)32-4/h5-8,11-12,14,16,19,30H,9-10,13H2,1-4H3,(H,27,29)/t16-,19-/m1/s1. The molecule has 7 nitrogen and oxygen atoms in total. The molecule has 2 N–H and O–H groups in total. The van der Waals surface area contributed by atoms with Crippen LogP contribution in [0.5, 0.6) is 23.0 Å². The molecule has 0 radical (unpaired) electrons. The van der Waals surface area contributed by atoms with Crippen LogP contribution in [0.4, 0.5) is 0 Å². The fourth-order valence-electron chi connectivity index (χ4n) is 4.69. The van der Waals surface area contributed by atoms with Gasteiger partial charge in [0.2, 0.25) is 11.7 Å². The zero-order valence-electron chi connectivity index (χ0n) is 19.3. The first-order valence-corrected chi connectivity index (χ1v) is 11.1.